The summed E-state index contributed by atoms with van der Waals surface area (Å²) in [7, 11) is 0. The third-order valence-electron chi connectivity index (χ3n) is 17.7. The van der Waals surface area contributed by atoms with Crippen LogP contribution < -0.4 is 4.90 Å². The van der Waals surface area contributed by atoms with Gasteiger partial charge in [0.25, 0.3) is 0 Å². The molecule has 2 nitrogen and oxygen atoms in total. The van der Waals surface area contributed by atoms with Crippen molar-refractivity contribution in [2.24, 2.45) is 23.7 Å². The smallest absolute Gasteiger partial charge is 0.143 e. The van der Waals surface area contributed by atoms with Crippen molar-refractivity contribution in [3.63, 3.8) is 0 Å². The average Bonchev–Trinajstić information content (AvgIpc) is 4.10. The molecule has 3 fully saturated rings. The molecule has 1 aromatic heterocycles. The van der Waals surface area contributed by atoms with Crippen molar-refractivity contribution in [2.75, 3.05) is 4.90 Å². The van der Waals surface area contributed by atoms with E-state index >= 15 is 0 Å². The Labute approximate surface area is 398 Å². The molecule has 2 bridgehead atoms. The van der Waals surface area contributed by atoms with Crippen LogP contribution in [0.2, 0.25) is 0 Å². The molecule has 3 saturated carbocycles. The molecule has 2 spiro atoms. The lowest BCUT2D eigenvalue weighted by Crippen LogP contribution is -2.46. The zero-order chi connectivity index (χ0) is 44.7. The molecule has 68 heavy (non-hydrogen) atoms. The van der Waals surface area contributed by atoms with Gasteiger partial charge in [-0.15, -0.1) is 0 Å². The third-order valence-corrected chi connectivity index (χ3v) is 17.7. The summed E-state index contributed by atoms with van der Waals surface area (Å²) < 4.78 is 6.68. The van der Waals surface area contributed by atoms with E-state index in [1.165, 1.54) is 81.6 Å². The highest BCUT2D eigenvalue weighted by Crippen LogP contribution is 2.77. The summed E-state index contributed by atoms with van der Waals surface area (Å²) in [4.78, 5) is 2.58. The molecule has 326 valence electrons. The summed E-state index contributed by atoms with van der Waals surface area (Å²) in [6.45, 7) is 2.54. The molecule has 0 amide bonds. The first kappa shape index (κ1) is 38.7. The second-order valence-electron chi connectivity index (χ2n) is 20.8. The van der Waals surface area contributed by atoms with Gasteiger partial charge in [-0.25, -0.2) is 0 Å². The monoisotopic (exact) mass is 873 g/mol. The summed E-state index contributed by atoms with van der Waals surface area (Å²) in [6.07, 6.45) is 5.23. The van der Waals surface area contributed by atoms with Crippen LogP contribution in [-0.4, -0.2) is 0 Å². The standard InChI is InChI=1S/C66H51NO/c1-41-35-45-37-44-38-46(36-41)65(45)60-40-48(33-34-59(60)66(58-30-12-7-25-55(58)63(44)65)56-28-10-5-22-51(56)52-23-6-11-29-57(52)66)67(61-31-13-8-21-49(61)42-17-3-2-4-18-42)47-20-15-19-43(39-47)50-26-16-27-54-53-24-9-14-32-62(53)68-64(50)54/h2-34,39-41,44-46,63H,35-38H2,1H3/t41?,44?,45-,46+,63?,65?. The second-order valence-corrected chi connectivity index (χ2v) is 20.8. The summed E-state index contributed by atoms with van der Waals surface area (Å²) >= 11 is 0. The summed E-state index contributed by atoms with van der Waals surface area (Å²) in [5.74, 6) is 3.12. The summed E-state index contributed by atoms with van der Waals surface area (Å²) in [5.41, 5.74) is 21.3. The highest BCUT2D eigenvalue weighted by atomic mass is 16.3. The maximum Gasteiger partial charge on any atom is 0.143 e. The first-order valence-corrected chi connectivity index (χ1v) is 25.0. The van der Waals surface area contributed by atoms with Crippen molar-refractivity contribution in [1.29, 1.82) is 0 Å². The molecular weight excluding hydrogens is 823 g/mol. The van der Waals surface area contributed by atoms with Gasteiger partial charge >= 0.3 is 0 Å². The van der Waals surface area contributed by atoms with Crippen molar-refractivity contribution < 1.29 is 4.42 Å². The SMILES string of the molecule is CC1C[C@@H]2CC3C[C@H](C1)C21c2cc(N(c4cccc(-c5cccc6c5oc5ccccc56)c4)c4ccccc4-c4ccccc4)ccc2C2(c4ccccc4-c4ccccc42)c2ccccc2C31. The van der Waals surface area contributed by atoms with Crippen LogP contribution in [0.1, 0.15) is 71.9 Å². The number of hydrogen-bond acceptors (Lipinski definition) is 2. The Balaban J connectivity index is 1.03. The number of fused-ring (bicyclic) bond motifs is 12. The molecule has 2 heteroatoms. The van der Waals surface area contributed by atoms with Gasteiger partial charge in [0.15, 0.2) is 0 Å². The van der Waals surface area contributed by atoms with Crippen LogP contribution in [0.4, 0.5) is 17.1 Å². The minimum atomic E-state index is -0.450. The molecule has 5 aliphatic carbocycles. The highest BCUT2D eigenvalue weighted by molar-refractivity contribution is 6.09. The maximum atomic E-state index is 6.68. The minimum absolute atomic E-state index is 0.0258. The first-order chi connectivity index (χ1) is 33.6. The Morgan fingerprint density at radius 2 is 1.04 bits per heavy atom. The number of para-hydroxylation sites is 3. The third kappa shape index (κ3) is 5.03. The molecule has 0 radical (unpaired) electrons. The average molecular weight is 874 g/mol. The van der Waals surface area contributed by atoms with E-state index < -0.39 is 5.41 Å². The Morgan fingerprint density at radius 1 is 0.441 bits per heavy atom. The fraction of sp³-hybridized carbons (Fsp3) is 0.182. The van der Waals surface area contributed by atoms with Crippen LogP contribution in [0.5, 0.6) is 0 Å². The van der Waals surface area contributed by atoms with Gasteiger partial charge in [0.1, 0.15) is 11.2 Å². The van der Waals surface area contributed by atoms with Crippen molar-refractivity contribution in [3.05, 3.63) is 246 Å². The van der Waals surface area contributed by atoms with E-state index in [2.05, 4.69) is 224 Å². The van der Waals surface area contributed by atoms with E-state index in [9.17, 15) is 0 Å². The van der Waals surface area contributed by atoms with E-state index in [0.717, 1.165) is 44.7 Å². The molecule has 6 atom stereocenters. The highest BCUT2D eigenvalue weighted by Gasteiger charge is 2.70. The summed E-state index contributed by atoms with van der Waals surface area (Å²) in [5, 5.41) is 2.29. The van der Waals surface area contributed by atoms with E-state index in [0.29, 0.717) is 23.7 Å². The van der Waals surface area contributed by atoms with Crippen LogP contribution >= 0.6 is 0 Å². The van der Waals surface area contributed by atoms with Crippen LogP contribution in [-0.2, 0) is 10.8 Å². The Bertz CT molecular complexity index is 3610. The predicted octanol–water partition coefficient (Wildman–Crippen LogP) is 17.2. The Hall–Kier alpha value is -7.42. The minimum Gasteiger partial charge on any atom is -0.455 e. The molecule has 10 aromatic rings. The zero-order valence-corrected chi connectivity index (χ0v) is 38.3. The van der Waals surface area contributed by atoms with E-state index in [1.54, 1.807) is 11.1 Å². The summed E-state index contributed by atoms with van der Waals surface area (Å²) in [6, 6.07) is 80.6. The molecule has 1 heterocycles. The molecule has 5 aliphatic rings. The van der Waals surface area contributed by atoms with Crippen LogP contribution in [0, 0.1) is 23.7 Å². The maximum absolute atomic E-state index is 6.68. The second kappa shape index (κ2) is 14.3. The number of nitrogens with zero attached hydrogens (tertiary/aromatic N) is 1. The fourth-order valence-electron chi connectivity index (χ4n) is 15.7. The number of furan rings is 1. The van der Waals surface area contributed by atoms with Gasteiger partial charge in [-0.3, -0.25) is 0 Å². The van der Waals surface area contributed by atoms with Crippen molar-refractivity contribution in [1.82, 2.24) is 0 Å². The van der Waals surface area contributed by atoms with Gasteiger partial charge in [-0.2, -0.15) is 0 Å². The largest absolute Gasteiger partial charge is 0.455 e. The molecule has 0 aliphatic heterocycles. The molecular formula is C66H51NO. The van der Waals surface area contributed by atoms with Gasteiger partial charge in [0.2, 0.25) is 0 Å². The lowest BCUT2D eigenvalue weighted by atomic mass is 9.53. The molecule has 4 unspecified atom stereocenters. The number of benzene rings is 9. The lowest BCUT2D eigenvalue weighted by Gasteiger charge is -2.51. The number of anilines is 3. The van der Waals surface area contributed by atoms with Crippen LogP contribution in [0.15, 0.2) is 217 Å². The normalized spacial score (nSPS) is 23.2. The van der Waals surface area contributed by atoms with Gasteiger partial charge in [0.05, 0.1) is 11.1 Å². The van der Waals surface area contributed by atoms with Crippen molar-refractivity contribution >= 4 is 39.0 Å². The first-order valence-electron chi connectivity index (χ1n) is 25.0. The van der Waals surface area contributed by atoms with Crippen molar-refractivity contribution in [3.8, 4) is 33.4 Å². The van der Waals surface area contributed by atoms with Crippen LogP contribution in [0.3, 0.4) is 0 Å². The van der Waals surface area contributed by atoms with Gasteiger partial charge in [-0.05, 0) is 147 Å². The van der Waals surface area contributed by atoms with Crippen molar-refractivity contribution in [2.45, 2.75) is 49.4 Å². The van der Waals surface area contributed by atoms with Gasteiger partial charge < -0.3 is 9.32 Å². The molecule has 0 saturated heterocycles. The van der Waals surface area contributed by atoms with E-state index in [4.69, 9.17) is 4.42 Å². The number of rotatable bonds is 5. The number of hydrogen-bond donors (Lipinski definition) is 0. The van der Waals surface area contributed by atoms with E-state index in [1.807, 2.05) is 0 Å². The molecule has 9 aromatic carbocycles. The zero-order valence-electron chi connectivity index (χ0n) is 38.3. The van der Waals surface area contributed by atoms with Gasteiger partial charge in [-0.1, -0.05) is 183 Å². The Morgan fingerprint density at radius 3 is 1.84 bits per heavy atom. The van der Waals surface area contributed by atoms with Crippen LogP contribution in [0.25, 0.3) is 55.3 Å². The lowest BCUT2D eigenvalue weighted by molar-refractivity contribution is 0.0823. The molecule has 15 rings (SSSR count). The Kier molecular flexibility index (Phi) is 8.13. The quantitative estimate of drug-likeness (QED) is 0.171. The fourth-order valence-corrected chi connectivity index (χ4v) is 15.7. The van der Waals surface area contributed by atoms with E-state index in [-0.39, 0.29) is 5.41 Å². The predicted molar refractivity (Wildman–Crippen MR) is 279 cm³/mol. The van der Waals surface area contributed by atoms with Gasteiger partial charge in [0, 0.05) is 38.7 Å². The topological polar surface area (TPSA) is 16.4 Å². The molecule has 0 N–H and O–H groups in total.